The topological polar surface area (TPSA) is 65.1 Å². The molecule has 2 aromatic rings. The predicted molar refractivity (Wildman–Crippen MR) is 84.5 cm³/mol. The largest absolute Gasteiger partial charge is 0.454 e. The molecule has 0 N–H and O–H groups in total. The molecule has 0 atom stereocenters. The van der Waals surface area contributed by atoms with Gasteiger partial charge in [-0.05, 0) is 41.1 Å². The van der Waals surface area contributed by atoms with Crippen LogP contribution >= 0.6 is 22.6 Å². The lowest BCUT2D eigenvalue weighted by Gasteiger charge is -2.05. The number of nitrogens with zero attached hydrogens (tertiary/aromatic N) is 2. The highest BCUT2D eigenvalue weighted by molar-refractivity contribution is 14.1. The number of hydrogen-bond acceptors (Lipinski definition) is 3. The van der Waals surface area contributed by atoms with Gasteiger partial charge < -0.3 is 4.57 Å². The molecule has 0 fully saturated rings. The summed E-state index contributed by atoms with van der Waals surface area (Å²) >= 11 is 1.67. The van der Waals surface area contributed by atoms with E-state index in [1.54, 1.807) is 35.6 Å². The zero-order valence-corrected chi connectivity index (χ0v) is 13.9. The third kappa shape index (κ3) is 3.89. The first-order chi connectivity index (χ1) is 10.6. The van der Waals surface area contributed by atoms with Gasteiger partial charge in [0, 0.05) is 34.1 Å². The lowest BCUT2D eigenvalue weighted by atomic mass is 10.1. The van der Waals surface area contributed by atoms with Gasteiger partial charge in [0.1, 0.15) is 0 Å². The molecule has 1 aromatic heterocycles. The van der Waals surface area contributed by atoms with Gasteiger partial charge in [0.25, 0.3) is 11.5 Å². The van der Waals surface area contributed by atoms with Gasteiger partial charge in [-0.2, -0.15) is 13.2 Å². The van der Waals surface area contributed by atoms with Crippen LogP contribution in [0.4, 0.5) is 18.9 Å². The summed E-state index contributed by atoms with van der Waals surface area (Å²) in [6, 6.07) is 4.47. The smallest absolute Gasteiger partial charge is 0.348 e. The number of carbonyl (C=O) groups is 1. The van der Waals surface area contributed by atoms with E-state index >= 15 is 0 Å². The Kier molecular flexibility index (Phi) is 4.78. The van der Waals surface area contributed by atoms with Crippen LogP contribution in [-0.2, 0) is 6.54 Å². The van der Waals surface area contributed by atoms with Crippen molar-refractivity contribution in [3.8, 4) is 0 Å². The highest BCUT2D eigenvalue weighted by atomic mass is 127. The van der Waals surface area contributed by atoms with E-state index in [9.17, 15) is 28.1 Å². The Morgan fingerprint density at radius 2 is 2.00 bits per heavy atom. The molecule has 0 bridgehead atoms. The van der Waals surface area contributed by atoms with Gasteiger partial charge in [0.2, 0.25) is 0 Å². The van der Waals surface area contributed by atoms with E-state index in [-0.39, 0.29) is 15.8 Å². The second-order valence-electron chi connectivity index (χ2n) is 4.90. The molecular weight excluding hydrogens is 428 g/mol. The quantitative estimate of drug-likeness (QED) is 0.313. The van der Waals surface area contributed by atoms with Crippen molar-refractivity contribution < 1.29 is 22.9 Å². The molecule has 9 heteroatoms. The summed E-state index contributed by atoms with van der Waals surface area (Å²) in [7, 11) is 0. The fourth-order valence-electron chi connectivity index (χ4n) is 2.12. The second-order valence-corrected chi connectivity index (χ2v) is 6.06. The molecule has 0 unspecified atom stereocenters. The number of rotatable bonds is 4. The first-order valence-corrected chi connectivity index (χ1v) is 7.38. The monoisotopic (exact) mass is 438 g/mol. The van der Waals surface area contributed by atoms with E-state index in [1.165, 1.54) is 22.9 Å². The predicted octanol–water partition coefficient (Wildman–Crippen LogP) is 4.10. The first-order valence-electron chi connectivity index (χ1n) is 6.30. The lowest BCUT2D eigenvalue weighted by molar-refractivity contribution is -0.385. The van der Waals surface area contributed by atoms with E-state index in [1.807, 2.05) is 0 Å². The zero-order chi connectivity index (χ0) is 17.4. The Morgan fingerprint density at radius 3 is 2.52 bits per heavy atom. The van der Waals surface area contributed by atoms with Gasteiger partial charge in [-0.15, -0.1) is 0 Å². The Hall–Kier alpha value is -1.91. The number of hydrogen-bond donors (Lipinski definition) is 0. The van der Waals surface area contributed by atoms with Gasteiger partial charge in [0.15, 0.2) is 0 Å². The Morgan fingerprint density at radius 1 is 1.35 bits per heavy atom. The van der Waals surface area contributed by atoms with Crippen molar-refractivity contribution in [3.05, 3.63) is 61.0 Å². The van der Waals surface area contributed by atoms with Crippen LogP contribution in [0.1, 0.15) is 21.5 Å². The van der Waals surface area contributed by atoms with E-state index < -0.39 is 22.4 Å². The number of Topliss-reactive ketones (excluding diaryl/α,β-unsaturated/α-hetero) is 1. The van der Waals surface area contributed by atoms with E-state index in [4.69, 9.17) is 0 Å². The molecule has 0 aliphatic heterocycles. The summed E-state index contributed by atoms with van der Waals surface area (Å²) in [6.07, 6.45) is -2.36. The third-order valence-electron chi connectivity index (χ3n) is 3.16. The summed E-state index contributed by atoms with van der Waals surface area (Å²) in [4.78, 5) is 21.6. The molecule has 2 rings (SSSR count). The van der Waals surface area contributed by atoms with Gasteiger partial charge in [-0.1, -0.05) is 6.07 Å². The maximum Gasteiger partial charge on any atom is 0.454 e. The molecule has 1 aromatic carbocycles. The molecule has 1 heterocycles. The number of nitro benzene ring substituents is 1. The van der Waals surface area contributed by atoms with Crippen molar-refractivity contribution in [3.63, 3.8) is 0 Å². The maximum absolute atomic E-state index is 12.5. The van der Waals surface area contributed by atoms with Crippen molar-refractivity contribution in [2.24, 2.45) is 0 Å². The van der Waals surface area contributed by atoms with Crippen LogP contribution in [0, 0.1) is 20.6 Å². The number of benzene rings is 1. The molecule has 0 amide bonds. The van der Waals surface area contributed by atoms with Crippen LogP contribution in [0.25, 0.3) is 0 Å². The molecular formula is C14H10F3IN2O3. The van der Waals surface area contributed by atoms with Gasteiger partial charge in [-0.3, -0.25) is 14.9 Å². The number of nitro groups is 1. The second kappa shape index (κ2) is 6.30. The van der Waals surface area contributed by atoms with Crippen molar-refractivity contribution in [2.75, 3.05) is 0 Å². The minimum absolute atomic E-state index is 0.0243. The summed E-state index contributed by atoms with van der Waals surface area (Å²) in [5.74, 6) is -1.89. The summed E-state index contributed by atoms with van der Waals surface area (Å²) in [5, 5.41) is 10.8. The molecule has 0 radical (unpaired) electrons. The molecule has 0 spiro atoms. The van der Waals surface area contributed by atoms with E-state index in [0.717, 1.165) is 6.20 Å². The minimum atomic E-state index is -4.92. The SMILES string of the molecule is Cc1cc(Cn2cc(I)c(C(=O)C(F)(F)F)c2)ccc1[N+](=O)[O-]. The molecule has 23 heavy (non-hydrogen) atoms. The fraction of sp³-hybridized carbons (Fsp3) is 0.214. The van der Waals surface area contributed by atoms with Crippen LogP contribution in [-0.4, -0.2) is 21.4 Å². The molecule has 5 nitrogen and oxygen atoms in total. The molecule has 0 aliphatic carbocycles. The van der Waals surface area contributed by atoms with Gasteiger partial charge in [-0.25, -0.2) is 0 Å². The number of aromatic nitrogens is 1. The van der Waals surface area contributed by atoms with E-state index in [0.29, 0.717) is 11.1 Å². The van der Waals surface area contributed by atoms with Crippen LogP contribution in [0.5, 0.6) is 0 Å². The lowest BCUT2D eigenvalue weighted by Crippen LogP contribution is -2.23. The zero-order valence-electron chi connectivity index (χ0n) is 11.7. The number of alkyl halides is 3. The number of halogens is 4. The average molecular weight is 438 g/mol. The van der Waals surface area contributed by atoms with Crippen LogP contribution in [0.2, 0.25) is 0 Å². The normalized spacial score (nSPS) is 11.5. The minimum Gasteiger partial charge on any atom is -0.348 e. The number of ketones is 1. The van der Waals surface area contributed by atoms with Gasteiger partial charge >= 0.3 is 6.18 Å². The van der Waals surface area contributed by atoms with Crippen molar-refractivity contribution in [1.29, 1.82) is 0 Å². The van der Waals surface area contributed by atoms with Gasteiger partial charge in [0.05, 0.1) is 10.5 Å². The standard InChI is InChI=1S/C14H10F3IN2O3/c1-8-4-9(2-3-12(8)20(22)23)5-19-6-10(11(18)7-19)13(21)14(15,16)17/h2-4,6-7H,5H2,1H3. The van der Waals surface area contributed by atoms with Crippen molar-refractivity contribution in [2.45, 2.75) is 19.6 Å². The molecule has 0 saturated heterocycles. The Labute approximate surface area is 142 Å². The molecule has 122 valence electrons. The van der Waals surface area contributed by atoms with Crippen LogP contribution in [0.3, 0.4) is 0 Å². The highest BCUT2D eigenvalue weighted by Gasteiger charge is 2.40. The van der Waals surface area contributed by atoms with E-state index in [2.05, 4.69) is 0 Å². The molecule has 0 saturated carbocycles. The molecule has 0 aliphatic rings. The van der Waals surface area contributed by atoms with Crippen molar-refractivity contribution >= 4 is 34.1 Å². The third-order valence-corrected chi connectivity index (χ3v) is 4.02. The summed E-state index contributed by atoms with van der Waals surface area (Å²) in [6.45, 7) is 1.79. The van der Waals surface area contributed by atoms with Crippen LogP contribution in [0.15, 0.2) is 30.6 Å². The van der Waals surface area contributed by atoms with Crippen molar-refractivity contribution in [1.82, 2.24) is 4.57 Å². The summed E-state index contributed by atoms with van der Waals surface area (Å²) in [5.41, 5.74) is 0.715. The number of carbonyl (C=O) groups excluding carboxylic acids is 1. The maximum atomic E-state index is 12.5. The Balaban J connectivity index is 2.27. The average Bonchev–Trinajstić information content (AvgIpc) is 2.77. The fourth-order valence-corrected chi connectivity index (χ4v) is 2.86. The first kappa shape index (κ1) is 17.4. The highest BCUT2D eigenvalue weighted by Crippen LogP contribution is 2.26. The number of aryl methyl sites for hydroxylation is 1. The Bertz CT molecular complexity index is 784. The summed E-state index contributed by atoms with van der Waals surface area (Å²) < 4.78 is 39.1. The van der Waals surface area contributed by atoms with Crippen LogP contribution < -0.4 is 0 Å².